The van der Waals surface area contributed by atoms with Crippen molar-refractivity contribution < 1.29 is 9.73 Å². The first kappa shape index (κ1) is 16.0. The second-order valence-corrected chi connectivity index (χ2v) is 6.49. The molecule has 0 radical (unpaired) electrons. The van der Waals surface area contributed by atoms with Crippen molar-refractivity contribution in [3.05, 3.63) is 47.2 Å². The fourth-order valence-corrected chi connectivity index (χ4v) is 2.99. The molecule has 0 bridgehead atoms. The molecule has 0 unspecified atom stereocenters. The predicted molar refractivity (Wildman–Crippen MR) is 89.2 cm³/mol. The molecular formula is C15H17ClN5OS+. The molecule has 0 atom stereocenters. The van der Waals surface area contributed by atoms with Crippen LogP contribution in [-0.2, 0) is 13.6 Å². The summed E-state index contributed by atoms with van der Waals surface area (Å²) >= 11 is 7.54. The zero-order chi connectivity index (χ0) is 16.1. The van der Waals surface area contributed by atoms with E-state index in [0.29, 0.717) is 0 Å². The van der Waals surface area contributed by atoms with Crippen molar-refractivity contribution in [1.82, 2.24) is 20.2 Å². The summed E-state index contributed by atoms with van der Waals surface area (Å²) in [5.41, 5.74) is 1.03. The SMILES string of the molecule is Cn1nnnc1SCC[NH2+]Cc1ccc(-c2ccc(Cl)cc2)o1. The minimum absolute atomic E-state index is 0.726. The zero-order valence-electron chi connectivity index (χ0n) is 12.6. The standard InChI is InChI=1S/C15H16ClN5OS/c1-21-15(18-19-20-21)23-9-8-17-10-13-6-7-14(22-13)11-2-4-12(16)5-3-11/h2-7,17H,8-10H2,1H3/p+1. The molecule has 120 valence electrons. The third-order valence-electron chi connectivity index (χ3n) is 3.27. The van der Waals surface area contributed by atoms with Crippen LogP contribution in [-0.4, -0.2) is 32.5 Å². The Hall–Kier alpha value is -1.83. The van der Waals surface area contributed by atoms with Gasteiger partial charge in [-0.05, 0) is 46.8 Å². The van der Waals surface area contributed by atoms with Gasteiger partial charge in [0.15, 0.2) is 5.76 Å². The summed E-state index contributed by atoms with van der Waals surface area (Å²) in [7, 11) is 1.84. The molecular weight excluding hydrogens is 334 g/mol. The van der Waals surface area contributed by atoms with E-state index in [-0.39, 0.29) is 0 Å². The molecule has 6 nitrogen and oxygen atoms in total. The van der Waals surface area contributed by atoms with Crippen LogP contribution < -0.4 is 5.32 Å². The molecule has 0 amide bonds. The number of nitrogens with two attached hydrogens (primary N) is 1. The first-order valence-electron chi connectivity index (χ1n) is 7.24. The molecule has 1 aromatic carbocycles. The van der Waals surface area contributed by atoms with Crippen molar-refractivity contribution in [2.24, 2.45) is 7.05 Å². The number of nitrogens with zero attached hydrogens (tertiary/aromatic N) is 4. The Morgan fingerprint density at radius 2 is 2.04 bits per heavy atom. The Balaban J connectivity index is 1.44. The molecule has 2 aromatic heterocycles. The number of furan rings is 1. The maximum absolute atomic E-state index is 5.90. The number of tetrazole rings is 1. The van der Waals surface area contributed by atoms with Crippen molar-refractivity contribution in [2.75, 3.05) is 12.3 Å². The van der Waals surface area contributed by atoms with E-state index in [1.807, 2.05) is 43.4 Å². The van der Waals surface area contributed by atoms with Gasteiger partial charge in [0.1, 0.15) is 12.3 Å². The number of benzene rings is 1. The van der Waals surface area contributed by atoms with Crippen molar-refractivity contribution in [1.29, 1.82) is 0 Å². The number of halogens is 1. The van der Waals surface area contributed by atoms with E-state index in [1.54, 1.807) is 16.4 Å². The van der Waals surface area contributed by atoms with Crippen LogP contribution in [0, 0.1) is 0 Å². The Labute approximate surface area is 143 Å². The smallest absolute Gasteiger partial charge is 0.209 e. The number of quaternary nitrogens is 1. The fraction of sp³-hybridized carbons (Fsp3) is 0.267. The molecule has 8 heteroatoms. The Morgan fingerprint density at radius 1 is 1.22 bits per heavy atom. The summed E-state index contributed by atoms with van der Waals surface area (Å²) in [5, 5.41) is 15.1. The van der Waals surface area contributed by atoms with Gasteiger partial charge >= 0.3 is 0 Å². The average molecular weight is 351 g/mol. The van der Waals surface area contributed by atoms with Gasteiger partial charge in [-0.15, -0.1) is 5.10 Å². The minimum atomic E-state index is 0.726. The van der Waals surface area contributed by atoms with E-state index >= 15 is 0 Å². The van der Waals surface area contributed by atoms with Crippen LogP contribution in [0.15, 0.2) is 46.0 Å². The summed E-state index contributed by atoms with van der Waals surface area (Å²) in [4.78, 5) is 0. The molecule has 0 aliphatic heterocycles. The van der Waals surface area contributed by atoms with Gasteiger partial charge in [-0.1, -0.05) is 23.4 Å². The molecule has 0 saturated carbocycles. The van der Waals surface area contributed by atoms with Gasteiger partial charge in [0.25, 0.3) is 0 Å². The van der Waals surface area contributed by atoms with Crippen LogP contribution in [0.1, 0.15) is 5.76 Å². The number of aryl methyl sites for hydroxylation is 1. The lowest BCUT2D eigenvalue weighted by atomic mass is 10.2. The van der Waals surface area contributed by atoms with Gasteiger partial charge in [0, 0.05) is 17.6 Å². The van der Waals surface area contributed by atoms with Gasteiger partial charge < -0.3 is 9.73 Å². The van der Waals surface area contributed by atoms with Crippen LogP contribution in [0.5, 0.6) is 0 Å². The molecule has 2 N–H and O–H groups in total. The largest absolute Gasteiger partial charge is 0.455 e. The van der Waals surface area contributed by atoms with Crippen molar-refractivity contribution in [3.8, 4) is 11.3 Å². The van der Waals surface area contributed by atoms with Crippen molar-refractivity contribution in [3.63, 3.8) is 0 Å². The summed E-state index contributed by atoms with van der Waals surface area (Å²) in [5.74, 6) is 2.77. The highest BCUT2D eigenvalue weighted by Crippen LogP contribution is 2.23. The lowest BCUT2D eigenvalue weighted by Gasteiger charge is -2.00. The Morgan fingerprint density at radius 3 is 2.78 bits per heavy atom. The first-order valence-corrected chi connectivity index (χ1v) is 8.60. The molecule has 3 aromatic rings. The van der Waals surface area contributed by atoms with Crippen molar-refractivity contribution >= 4 is 23.4 Å². The van der Waals surface area contributed by atoms with E-state index in [0.717, 1.165) is 46.1 Å². The summed E-state index contributed by atoms with van der Waals surface area (Å²) in [6, 6.07) is 11.7. The molecule has 23 heavy (non-hydrogen) atoms. The molecule has 0 fully saturated rings. The summed E-state index contributed by atoms with van der Waals surface area (Å²) in [6.07, 6.45) is 0. The van der Waals surface area contributed by atoms with E-state index in [2.05, 4.69) is 20.8 Å². The topological polar surface area (TPSA) is 73.3 Å². The molecule has 0 aliphatic rings. The van der Waals surface area contributed by atoms with Crippen LogP contribution >= 0.6 is 23.4 Å². The lowest BCUT2D eigenvalue weighted by molar-refractivity contribution is -0.668. The number of hydrogen-bond donors (Lipinski definition) is 1. The highest BCUT2D eigenvalue weighted by atomic mass is 35.5. The van der Waals surface area contributed by atoms with E-state index in [4.69, 9.17) is 16.0 Å². The molecule has 0 spiro atoms. The highest BCUT2D eigenvalue weighted by molar-refractivity contribution is 7.99. The quantitative estimate of drug-likeness (QED) is 0.521. The Kier molecular flexibility index (Phi) is 5.32. The molecule has 0 aliphatic carbocycles. The van der Waals surface area contributed by atoms with Crippen LogP contribution in [0.4, 0.5) is 0 Å². The van der Waals surface area contributed by atoms with E-state index in [1.165, 1.54) is 0 Å². The second kappa shape index (κ2) is 7.63. The summed E-state index contributed by atoms with van der Waals surface area (Å²) < 4.78 is 7.54. The van der Waals surface area contributed by atoms with Crippen LogP contribution in [0.3, 0.4) is 0 Å². The number of thioether (sulfide) groups is 1. The van der Waals surface area contributed by atoms with Gasteiger partial charge in [-0.3, -0.25) is 0 Å². The monoisotopic (exact) mass is 350 g/mol. The highest BCUT2D eigenvalue weighted by Gasteiger charge is 2.07. The summed E-state index contributed by atoms with van der Waals surface area (Å²) in [6.45, 7) is 1.78. The zero-order valence-corrected chi connectivity index (χ0v) is 14.2. The number of aromatic nitrogens is 4. The third kappa shape index (κ3) is 4.34. The number of hydrogen-bond acceptors (Lipinski definition) is 5. The van der Waals surface area contributed by atoms with Gasteiger partial charge in [0.2, 0.25) is 5.16 Å². The lowest BCUT2D eigenvalue weighted by Crippen LogP contribution is -2.83. The minimum Gasteiger partial charge on any atom is -0.455 e. The average Bonchev–Trinajstić information content (AvgIpc) is 3.17. The van der Waals surface area contributed by atoms with E-state index < -0.39 is 0 Å². The second-order valence-electron chi connectivity index (χ2n) is 4.99. The van der Waals surface area contributed by atoms with Crippen molar-refractivity contribution in [2.45, 2.75) is 11.7 Å². The fourth-order valence-electron chi connectivity index (χ4n) is 2.08. The predicted octanol–water partition coefficient (Wildman–Crippen LogP) is 1.98. The van der Waals surface area contributed by atoms with Crippen LogP contribution in [0.25, 0.3) is 11.3 Å². The van der Waals surface area contributed by atoms with Crippen LogP contribution in [0.2, 0.25) is 5.02 Å². The maximum atomic E-state index is 5.90. The maximum Gasteiger partial charge on any atom is 0.209 e. The molecule has 2 heterocycles. The van der Waals surface area contributed by atoms with Gasteiger partial charge in [-0.25, -0.2) is 4.68 Å². The normalized spacial score (nSPS) is 11.0. The molecule has 0 saturated heterocycles. The third-order valence-corrected chi connectivity index (χ3v) is 4.57. The first-order chi connectivity index (χ1) is 11.2. The number of rotatable bonds is 7. The Bertz CT molecular complexity index is 755. The molecule has 3 rings (SSSR count). The van der Waals surface area contributed by atoms with Gasteiger partial charge in [0.05, 0.1) is 12.3 Å². The van der Waals surface area contributed by atoms with Gasteiger partial charge in [-0.2, -0.15) is 0 Å². The van der Waals surface area contributed by atoms with E-state index in [9.17, 15) is 0 Å².